The summed E-state index contributed by atoms with van der Waals surface area (Å²) in [6, 6.07) is 8.25. The topological polar surface area (TPSA) is 66.5 Å². The van der Waals surface area contributed by atoms with Crippen LogP contribution in [0.4, 0.5) is 5.82 Å². The molecule has 3 aromatic rings. The van der Waals surface area contributed by atoms with E-state index in [-0.39, 0.29) is 0 Å². The number of hydrogen-bond acceptors (Lipinski definition) is 6. The molecule has 2 aliphatic heterocycles. The van der Waals surface area contributed by atoms with Crippen molar-refractivity contribution in [3.05, 3.63) is 42.4 Å². The third-order valence-corrected chi connectivity index (χ3v) is 4.85. The lowest BCUT2D eigenvalue weighted by atomic mass is 10.1. The Morgan fingerprint density at radius 3 is 2.80 bits per heavy atom. The first-order valence-corrected chi connectivity index (χ1v) is 8.51. The van der Waals surface area contributed by atoms with Gasteiger partial charge in [-0.3, -0.25) is 4.90 Å². The molecule has 1 N–H and O–H groups in total. The average molecular weight is 337 g/mol. The molecule has 128 valence electrons. The summed E-state index contributed by atoms with van der Waals surface area (Å²) >= 11 is 0. The van der Waals surface area contributed by atoms with Crippen LogP contribution in [0.3, 0.4) is 0 Å². The van der Waals surface area contributed by atoms with Gasteiger partial charge in [0.05, 0.1) is 5.39 Å². The molecule has 0 atom stereocenters. The second kappa shape index (κ2) is 5.93. The van der Waals surface area contributed by atoms with Crippen LogP contribution >= 0.6 is 0 Å². The minimum absolute atomic E-state index is 0.323. The van der Waals surface area contributed by atoms with E-state index in [2.05, 4.69) is 36.9 Å². The van der Waals surface area contributed by atoms with Crippen LogP contribution < -0.4 is 14.4 Å². The number of aromatic amines is 1. The Hall–Kier alpha value is -2.80. The van der Waals surface area contributed by atoms with Gasteiger partial charge in [-0.25, -0.2) is 9.97 Å². The number of aromatic nitrogens is 3. The van der Waals surface area contributed by atoms with Crippen molar-refractivity contribution >= 4 is 16.9 Å². The smallest absolute Gasteiger partial charge is 0.231 e. The molecule has 7 nitrogen and oxygen atoms in total. The van der Waals surface area contributed by atoms with E-state index in [1.165, 1.54) is 5.56 Å². The number of H-pyrrole nitrogens is 1. The lowest BCUT2D eigenvalue weighted by molar-refractivity contribution is 0.174. The molecule has 2 aromatic heterocycles. The number of rotatable bonds is 3. The van der Waals surface area contributed by atoms with Gasteiger partial charge in [-0.05, 0) is 23.8 Å². The molecule has 0 radical (unpaired) electrons. The number of benzene rings is 1. The number of fused-ring (bicyclic) bond motifs is 2. The second-order valence-corrected chi connectivity index (χ2v) is 6.39. The number of hydrogen-bond donors (Lipinski definition) is 1. The Morgan fingerprint density at radius 1 is 1.00 bits per heavy atom. The standard InChI is InChI=1S/C18H19N5O2/c1-2-15-16(25-12-24-15)9-13(1)10-22-5-7-23(8-6-22)18-14-3-4-19-17(14)20-11-21-18/h1-4,9,11H,5-8,10,12H2,(H,19,20,21). The maximum atomic E-state index is 5.47. The summed E-state index contributed by atoms with van der Waals surface area (Å²) < 4.78 is 10.8. The van der Waals surface area contributed by atoms with Gasteiger partial charge in [0.1, 0.15) is 17.8 Å². The fraction of sp³-hybridized carbons (Fsp3) is 0.333. The first-order valence-electron chi connectivity index (χ1n) is 8.51. The van der Waals surface area contributed by atoms with Crippen molar-refractivity contribution in [2.24, 2.45) is 0 Å². The number of nitrogens with zero attached hydrogens (tertiary/aromatic N) is 4. The van der Waals surface area contributed by atoms with Gasteiger partial charge >= 0.3 is 0 Å². The predicted molar refractivity (Wildman–Crippen MR) is 93.9 cm³/mol. The van der Waals surface area contributed by atoms with E-state index in [0.717, 1.165) is 61.1 Å². The largest absolute Gasteiger partial charge is 0.454 e. The first kappa shape index (κ1) is 14.5. The maximum Gasteiger partial charge on any atom is 0.231 e. The molecular formula is C18H19N5O2. The average Bonchev–Trinajstić information content (AvgIpc) is 3.31. The van der Waals surface area contributed by atoms with Gasteiger partial charge in [-0.15, -0.1) is 0 Å². The lowest BCUT2D eigenvalue weighted by Crippen LogP contribution is -2.46. The Labute approximate surface area is 145 Å². The first-order chi connectivity index (χ1) is 12.4. The third kappa shape index (κ3) is 2.66. The minimum atomic E-state index is 0.323. The van der Waals surface area contributed by atoms with E-state index in [9.17, 15) is 0 Å². The molecular weight excluding hydrogens is 318 g/mol. The number of nitrogens with one attached hydrogen (secondary N) is 1. The highest BCUT2D eigenvalue weighted by molar-refractivity contribution is 5.87. The fourth-order valence-corrected chi connectivity index (χ4v) is 3.53. The monoisotopic (exact) mass is 337 g/mol. The molecule has 0 amide bonds. The van der Waals surface area contributed by atoms with E-state index in [0.29, 0.717) is 6.79 Å². The summed E-state index contributed by atoms with van der Waals surface area (Å²) in [5, 5.41) is 1.09. The Kier molecular flexibility index (Phi) is 3.45. The summed E-state index contributed by atoms with van der Waals surface area (Å²) in [4.78, 5) is 16.7. The molecule has 4 heterocycles. The highest BCUT2D eigenvalue weighted by Gasteiger charge is 2.21. The zero-order valence-electron chi connectivity index (χ0n) is 13.8. The SMILES string of the molecule is c1nc(N2CCN(Cc3ccc4c(c3)OCO4)CC2)c2cc[nH]c2n1. The summed E-state index contributed by atoms with van der Waals surface area (Å²) in [5.74, 6) is 2.72. The molecule has 25 heavy (non-hydrogen) atoms. The van der Waals surface area contributed by atoms with E-state index in [1.807, 2.05) is 18.3 Å². The molecule has 2 aliphatic rings. The van der Waals surface area contributed by atoms with Crippen molar-refractivity contribution in [2.45, 2.75) is 6.54 Å². The highest BCUT2D eigenvalue weighted by atomic mass is 16.7. The summed E-state index contributed by atoms with van der Waals surface area (Å²) in [5.41, 5.74) is 2.15. The summed E-state index contributed by atoms with van der Waals surface area (Å²) in [6.07, 6.45) is 3.55. The molecule has 7 heteroatoms. The molecule has 5 rings (SSSR count). The number of anilines is 1. The molecule has 1 saturated heterocycles. The molecule has 0 bridgehead atoms. The zero-order chi connectivity index (χ0) is 16.6. The number of piperazine rings is 1. The molecule has 0 aliphatic carbocycles. The normalized spacial score (nSPS) is 17.4. The third-order valence-electron chi connectivity index (χ3n) is 4.85. The molecule has 1 fully saturated rings. The van der Waals surface area contributed by atoms with Gasteiger partial charge in [-0.1, -0.05) is 6.07 Å². The highest BCUT2D eigenvalue weighted by Crippen LogP contribution is 2.33. The predicted octanol–water partition coefficient (Wildman–Crippen LogP) is 2.01. The second-order valence-electron chi connectivity index (χ2n) is 6.39. The van der Waals surface area contributed by atoms with Gasteiger partial charge in [0, 0.05) is 38.9 Å². The fourth-order valence-electron chi connectivity index (χ4n) is 3.53. The Bertz CT molecular complexity index is 901. The zero-order valence-corrected chi connectivity index (χ0v) is 13.8. The van der Waals surface area contributed by atoms with Crippen LogP contribution in [-0.4, -0.2) is 52.8 Å². The maximum absolute atomic E-state index is 5.47. The van der Waals surface area contributed by atoms with E-state index in [4.69, 9.17) is 9.47 Å². The van der Waals surface area contributed by atoms with Crippen molar-refractivity contribution in [3.63, 3.8) is 0 Å². The van der Waals surface area contributed by atoms with Gasteiger partial charge < -0.3 is 19.4 Å². The van der Waals surface area contributed by atoms with Crippen LogP contribution in [0.1, 0.15) is 5.56 Å². The number of ether oxygens (including phenoxy) is 2. The Morgan fingerprint density at radius 2 is 1.88 bits per heavy atom. The van der Waals surface area contributed by atoms with Gasteiger partial charge in [-0.2, -0.15) is 0 Å². The van der Waals surface area contributed by atoms with Crippen LogP contribution in [0, 0.1) is 0 Å². The molecule has 0 spiro atoms. The van der Waals surface area contributed by atoms with Crippen LogP contribution in [0.15, 0.2) is 36.8 Å². The molecule has 0 unspecified atom stereocenters. The summed E-state index contributed by atoms with van der Waals surface area (Å²) in [6.45, 7) is 5.18. The van der Waals surface area contributed by atoms with E-state index >= 15 is 0 Å². The van der Waals surface area contributed by atoms with Gasteiger partial charge in [0.2, 0.25) is 6.79 Å². The van der Waals surface area contributed by atoms with Crippen molar-refractivity contribution < 1.29 is 9.47 Å². The van der Waals surface area contributed by atoms with Crippen molar-refractivity contribution in [1.82, 2.24) is 19.9 Å². The van der Waals surface area contributed by atoms with Crippen LogP contribution in [0.25, 0.3) is 11.0 Å². The van der Waals surface area contributed by atoms with Gasteiger partial charge in [0.15, 0.2) is 11.5 Å². The van der Waals surface area contributed by atoms with Crippen molar-refractivity contribution in [3.8, 4) is 11.5 Å². The van der Waals surface area contributed by atoms with Crippen molar-refractivity contribution in [1.29, 1.82) is 0 Å². The lowest BCUT2D eigenvalue weighted by Gasteiger charge is -2.35. The van der Waals surface area contributed by atoms with E-state index in [1.54, 1.807) is 6.33 Å². The van der Waals surface area contributed by atoms with Crippen molar-refractivity contribution in [2.75, 3.05) is 37.9 Å². The van der Waals surface area contributed by atoms with E-state index < -0.39 is 0 Å². The van der Waals surface area contributed by atoms with Gasteiger partial charge in [0.25, 0.3) is 0 Å². The summed E-state index contributed by atoms with van der Waals surface area (Å²) in [7, 11) is 0. The van der Waals surface area contributed by atoms with Crippen LogP contribution in [0.5, 0.6) is 11.5 Å². The molecule has 0 saturated carbocycles. The Balaban J connectivity index is 1.26. The van der Waals surface area contributed by atoms with Crippen LogP contribution in [0.2, 0.25) is 0 Å². The van der Waals surface area contributed by atoms with Crippen LogP contribution in [-0.2, 0) is 6.54 Å². The quantitative estimate of drug-likeness (QED) is 0.789. The molecule has 1 aromatic carbocycles. The minimum Gasteiger partial charge on any atom is -0.454 e.